The lowest BCUT2D eigenvalue weighted by atomic mass is 10.1. The van der Waals surface area contributed by atoms with Gasteiger partial charge < -0.3 is 5.32 Å². The fourth-order valence-corrected chi connectivity index (χ4v) is 1.48. The molecule has 1 aromatic heterocycles. The molecule has 0 unspecified atom stereocenters. The van der Waals surface area contributed by atoms with Crippen LogP contribution in [-0.4, -0.2) is 27.6 Å². The largest absolute Gasteiger partial charge is 0.352 e. The van der Waals surface area contributed by atoms with Crippen LogP contribution in [-0.2, 0) is 6.42 Å². The van der Waals surface area contributed by atoms with E-state index in [9.17, 15) is 9.18 Å². The minimum absolute atomic E-state index is 0.298. The van der Waals surface area contributed by atoms with Crippen molar-refractivity contribution < 1.29 is 9.18 Å². The van der Waals surface area contributed by atoms with E-state index in [4.69, 9.17) is 0 Å². The third-order valence-corrected chi connectivity index (χ3v) is 2.55. The molecule has 1 heterocycles. The molecule has 0 bridgehead atoms. The fraction of sp³-hybridized carbons (Fsp3) is 0.250. The molecular weight excluding hydrogens is 235 g/mol. The summed E-state index contributed by atoms with van der Waals surface area (Å²) in [5.41, 5.74) is 0.837. The standard InChI is InChI=1S/C12H13FN4O/c1-8-2-3-9(6-10(8)13)12(18)14-5-4-11-15-7-16-17-11/h2-3,6-7H,4-5H2,1H3,(H,14,18)(H,15,16,17). The van der Waals surface area contributed by atoms with Gasteiger partial charge >= 0.3 is 0 Å². The maximum absolute atomic E-state index is 13.3. The predicted octanol–water partition coefficient (Wildman–Crippen LogP) is 1.22. The SMILES string of the molecule is Cc1ccc(C(=O)NCCc2ncn[nH]2)cc1F. The molecule has 6 heteroatoms. The van der Waals surface area contributed by atoms with Gasteiger partial charge in [0, 0.05) is 18.5 Å². The lowest BCUT2D eigenvalue weighted by molar-refractivity contribution is 0.0953. The Morgan fingerprint density at radius 1 is 1.50 bits per heavy atom. The van der Waals surface area contributed by atoms with Crippen molar-refractivity contribution in [3.8, 4) is 0 Å². The zero-order chi connectivity index (χ0) is 13.0. The number of hydrogen-bond donors (Lipinski definition) is 2. The minimum atomic E-state index is -0.377. The summed E-state index contributed by atoms with van der Waals surface area (Å²) in [6, 6.07) is 4.42. The lowest BCUT2D eigenvalue weighted by Gasteiger charge is -2.05. The molecule has 1 amide bonds. The average molecular weight is 248 g/mol. The number of aromatic nitrogens is 3. The van der Waals surface area contributed by atoms with Crippen LogP contribution in [0.1, 0.15) is 21.7 Å². The Bertz CT molecular complexity index is 539. The summed E-state index contributed by atoms with van der Waals surface area (Å²) in [6.45, 7) is 2.07. The van der Waals surface area contributed by atoms with E-state index in [1.165, 1.54) is 12.4 Å². The quantitative estimate of drug-likeness (QED) is 0.854. The third-order valence-electron chi connectivity index (χ3n) is 2.55. The first-order valence-electron chi connectivity index (χ1n) is 5.55. The summed E-state index contributed by atoms with van der Waals surface area (Å²) >= 11 is 0. The number of aryl methyl sites for hydroxylation is 1. The molecule has 0 aliphatic heterocycles. The molecule has 2 rings (SSSR count). The summed E-state index contributed by atoms with van der Waals surface area (Å²) in [6.07, 6.45) is 1.96. The van der Waals surface area contributed by atoms with Crippen LogP contribution < -0.4 is 5.32 Å². The Hall–Kier alpha value is -2.24. The molecule has 2 N–H and O–H groups in total. The van der Waals surface area contributed by atoms with Crippen LogP contribution >= 0.6 is 0 Å². The van der Waals surface area contributed by atoms with E-state index in [1.54, 1.807) is 19.1 Å². The minimum Gasteiger partial charge on any atom is -0.352 e. The second-order valence-corrected chi connectivity index (χ2v) is 3.90. The van der Waals surface area contributed by atoms with Crippen molar-refractivity contribution in [3.05, 3.63) is 47.3 Å². The van der Waals surface area contributed by atoms with Crippen molar-refractivity contribution in [1.82, 2.24) is 20.5 Å². The van der Waals surface area contributed by atoms with Gasteiger partial charge in [0.2, 0.25) is 0 Å². The van der Waals surface area contributed by atoms with Crippen molar-refractivity contribution >= 4 is 5.91 Å². The van der Waals surface area contributed by atoms with Gasteiger partial charge in [0.25, 0.3) is 5.91 Å². The number of hydrogen-bond acceptors (Lipinski definition) is 3. The van der Waals surface area contributed by atoms with Crippen molar-refractivity contribution in [2.45, 2.75) is 13.3 Å². The van der Waals surface area contributed by atoms with Crippen LogP contribution in [0.3, 0.4) is 0 Å². The topological polar surface area (TPSA) is 70.7 Å². The zero-order valence-corrected chi connectivity index (χ0v) is 9.90. The molecule has 0 radical (unpaired) electrons. The molecule has 0 saturated carbocycles. The van der Waals surface area contributed by atoms with Crippen LogP contribution in [0.2, 0.25) is 0 Å². The van der Waals surface area contributed by atoms with Crippen LogP contribution in [0.5, 0.6) is 0 Å². The van der Waals surface area contributed by atoms with Crippen LogP contribution in [0.4, 0.5) is 4.39 Å². The predicted molar refractivity (Wildman–Crippen MR) is 63.6 cm³/mol. The molecule has 0 saturated heterocycles. The number of carbonyl (C=O) groups is 1. The Morgan fingerprint density at radius 2 is 2.33 bits per heavy atom. The molecule has 2 aromatic rings. The highest BCUT2D eigenvalue weighted by Crippen LogP contribution is 2.08. The van der Waals surface area contributed by atoms with E-state index in [2.05, 4.69) is 20.5 Å². The second-order valence-electron chi connectivity index (χ2n) is 3.90. The van der Waals surface area contributed by atoms with E-state index >= 15 is 0 Å². The van der Waals surface area contributed by atoms with Crippen LogP contribution in [0.25, 0.3) is 0 Å². The number of rotatable bonds is 4. The molecular formula is C12H13FN4O. The first kappa shape index (κ1) is 12.2. The van der Waals surface area contributed by atoms with Crippen molar-refractivity contribution in [2.24, 2.45) is 0 Å². The van der Waals surface area contributed by atoms with Crippen molar-refractivity contribution in [1.29, 1.82) is 0 Å². The van der Waals surface area contributed by atoms with Gasteiger partial charge in [-0.15, -0.1) is 0 Å². The van der Waals surface area contributed by atoms with Gasteiger partial charge in [-0.3, -0.25) is 9.89 Å². The Morgan fingerprint density at radius 3 is 3.00 bits per heavy atom. The number of amides is 1. The van der Waals surface area contributed by atoms with Crippen molar-refractivity contribution in [3.63, 3.8) is 0 Å². The van der Waals surface area contributed by atoms with Crippen LogP contribution in [0.15, 0.2) is 24.5 Å². The Balaban J connectivity index is 1.89. The average Bonchev–Trinajstić information content (AvgIpc) is 2.85. The number of nitrogens with one attached hydrogen (secondary N) is 2. The summed E-state index contributed by atoms with van der Waals surface area (Å²) in [5.74, 6) is 0.0247. The maximum atomic E-state index is 13.3. The highest BCUT2D eigenvalue weighted by Gasteiger charge is 2.07. The zero-order valence-electron chi connectivity index (χ0n) is 9.90. The highest BCUT2D eigenvalue weighted by atomic mass is 19.1. The van der Waals surface area contributed by atoms with Crippen molar-refractivity contribution in [2.75, 3.05) is 6.54 Å². The van der Waals surface area contributed by atoms with E-state index in [1.807, 2.05) is 0 Å². The lowest BCUT2D eigenvalue weighted by Crippen LogP contribution is -2.26. The smallest absolute Gasteiger partial charge is 0.251 e. The van der Waals surface area contributed by atoms with E-state index < -0.39 is 0 Å². The first-order valence-corrected chi connectivity index (χ1v) is 5.55. The van der Waals surface area contributed by atoms with Crippen LogP contribution in [0, 0.1) is 12.7 Å². The van der Waals surface area contributed by atoms with Gasteiger partial charge in [-0.05, 0) is 24.6 Å². The van der Waals surface area contributed by atoms with Gasteiger partial charge in [0.15, 0.2) is 0 Å². The fourth-order valence-electron chi connectivity index (χ4n) is 1.48. The number of H-pyrrole nitrogens is 1. The monoisotopic (exact) mass is 248 g/mol. The van der Waals surface area contributed by atoms with Gasteiger partial charge in [0.05, 0.1) is 0 Å². The molecule has 94 valence electrons. The normalized spacial score (nSPS) is 10.3. The summed E-state index contributed by atoms with van der Waals surface area (Å²) in [7, 11) is 0. The summed E-state index contributed by atoms with van der Waals surface area (Å²) in [5, 5.41) is 9.09. The Kier molecular flexibility index (Phi) is 3.66. The van der Waals surface area contributed by atoms with Gasteiger partial charge in [-0.25, -0.2) is 9.37 Å². The Labute approximate surface area is 103 Å². The van der Waals surface area contributed by atoms with Gasteiger partial charge in [0.1, 0.15) is 18.0 Å². The molecule has 0 spiro atoms. The van der Waals surface area contributed by atoms with E-state index in [-0.39, 0.29) is 11.7 Å². The number of carbonyl (C=O) groups excluding carboxylic acids is 1. The number of benzene rings is 1. The maximum Gasteiger partial charge on any atom is 0.251 e. The molecule has 0 aliphatic carbocycles. The molecule has 18 heavy (non-hydrogen) atoms. The summed E-state index contributed by atoms with van der Waals surface area (Å²) < 4.78 is 13.3. The molecule has 0 aliphatic rings. The number of halogens is 1. The molecule has 0 fully saturated rings. The first-order chi connectivity index (χ1) is 8.66. The number of aromatic amines is 1. The highest BCUT2D eigenvalue weighted by molar-refractivity contribution is 5.94. The van der Waals surface area contributed by atoms with Gasteiger partial charge in [-0.1, -0.05) is 6.07 Å². The molecule has 0 atom stereocenters. The van der Waals surface area contributed by atoms with E-state index in [0.717, 1.165) is 0 Å². The van der Waals surface area contributed by atoms with E-state index in [0.29, 0.717) is 29.9 Å². The molecule has 1 aromatic carbocycles. The summed E-state index contributed by atoms with van der Waals surface area (Å²) in [4.78, 5) is 15.6. The molecule has 5 nitrogen and oxygen atoms in total. The number of nitrogens with zero attached hydrogens (tertiary/aromatic N) is 2. The third kappa shape index (κ3) is 2.91. The van der Waals surface area contributed by atoms with Gasteiger partial charge in [-0.2, -0.15) is 5.10 Å². The second kappa shape index (κ2) is 5.39.